The van der Waals surface area contributed by atoms with E-state index < -0.39 is 5.54 Å². The lowest BCUT2D eigenvalue weighted by atomic mass is 9.94. The van der Waals surface area contributed by atoms with Crippen molar-refractivity contribution < 1.29 is 4.79 Å². The Hall–Kier alpha value is -3.33. The summed E-state index contributed by atoms with van der Waals surface area (Å²) in [4.78, 5) is 26.5. The number of nitrogens with zero attached hydrogens (tertiary/aromatic N) is 7. The van der Waals surface area contributed by atoms with Crippen molar-refractivity contribution in [3.05, 3.63) is 46.9 Å². The Morgan fingerprint density at radius 2 is 1.97 bits per heavy atom. The number of anilines is 2. The van der Waals surface area contributed by atoms with E-state index >= 15 is 0 Å². The lowest BCUT2D eigenvalue weighted by molar-refractivity contribution is 0.0996. The number of rotatable bonds is 4. The molecule has 2 N–H and O–H groups in total. The number of pyridine rings is 2. The summed E-state index contributed by atoms with van der Waals surface area (Å²) >= 11 is 0. The molecule has 0 fully saturated rings. The number of hydrogen-bond acceptors (Lipinski definition) is 7. The fourth-order valence-corrected chi connectivity index (χ4v) is 4.27. The molecule has 9 heteroatoms. The third kappa shape index (κ3) is 3.16. The second-order valence-electron chi connectivity index (χ2n) is 8.94. The van der Waals surface area contributed by atoms with E-state index in [-0.39, 0.29) is 5.91 Å². The van der Waals surface area contributed by atoms with Crippen LogP contribution in [0.1, 0.15) is 47.7 Å². The molecule has 0 bridgehead atoms. The first-order chi connectivity index (χ1) is 14.7. The number of aryl methyl sites for hydroxylation is 1. The van der Waals surface area contributed by atoms with Gasteiger partial charge >= 0.3 is 0 Å². The number of nitrogens with two attached hydrogens (primary N) is 1. The maximum absolute atomic E-state index is 13.4. The SMILES string of the molecule is CN(C)c1cc2c(c(C(C)(C)N)n1)CN(c1cccc(-c3nnc4n3CCC4)n1)C2=O. The van der Waals surface area contributed by atoms with Crippen LogP contribution in [-0.2, 0) is 25.0 Å². The Bertz CT molecular complexity index is 1190. The van der Waals surface area contributed by atoms with Crippen LogP contribution in [0.4, 0.5) is 11.6 Å². The number of amides is 1. The molecule has 0 unspecified atom stereocenters. The van der Waals surface area contributed by atoms with Crippen LogP contribution in [0, 0.1) is 0 Å². The molecule has 0 aliphatic carbocycles. The van der Waals surface area contributed by atoms with Gasteiger partial charge in [0.05, 0.1) is 23.3 Å². The number of fused-ring (bicyclic) bond motifs is 2. The van der Waals surface area contributed by atoms with E-state index in [1.54, 1.807) is 4.90 Å². The first kappa shape index (κ1) is 19.6. The number of aromatic nitrogens is 5. The van der Waals surface area contributed by atoms with E-state index in [1.807, 2.05) is 57.1 Å². The smallest absolute Gasteiger partial charge is 0.260 e. The lowest BCUT2D eigenvalue weighted by Gasteiger charge is -2.23. The second kappa shape index (κ2) is 6.84. The number of carbonyl (C=O) groups excluding carboxylic acids is 1. The summed E-state index contributed by atoms with van der Waals surface area (Å²) in [5.74, 6) is 2.94. The zero-order valence-electron chi connectivity index (χ0n) is 18.3. The van der Waals surface area contributed by atoms with Crippen molar-refractivity contribution in [2.24, 2.45) is 5.73 Å². The summed E-state index contributed by atoms with van der Waals surface area (Å²) in [7, 11) is 3.81. The van der Waals surface area contributed by atoms with E-state index in [9.17, 15) is 4.79 Å². The van der Waals surface area contributed by atoms with Crippen molar-refractivity contribution in [2.45, 2.75) is 45.3 Å². The van der Waals surface area contributed by atoms with E-state index in [0.717, 1.165) is 42.3 Å². The maximum Gasteiger partial charge on any atom is 0.260 e. The van der Waals surface area contributed by atoms with Gasteiger partial charge in [0, 0.05) is 32.6 Å². The number of carbonyl (C=O) groups is 1. The molecule has 0 radical (unpaired) electrons. The summed E-state index contributed by atoms with van der Waals surface area (Å²) in [6.07, 6.45) is 2.00. The third-order valence-corrected chi connectivity index (χ3v) is 5.82. The second-order valence-corrected chi connectivity index (χ2v) is 8.94. The van der Waals surface area contributed by atoms with Crippen molar-refractivity contribution in [1.82, 2.24) is 24.7 Å². The zero-order chi connectivity index (χ0) is 21.9. The minimum atomic E-state index is -0.677. The van der Waals surface area contributed by atoms with Crippen LogP contribution in [0.3, 0.4) is 0 Å². The summed E-state index contributed by atoms with van der Waals surface area (Å²) < 4.78 is 2.11. The van der Waals surface area contributed by atoms with Crippen molar-refractivity contribution in [3.63, 3.8) is 0 Å². The predicted molar refractivity (Wildman–Crippen MR) is 118 cm³/mol. The van der Waals surface area contributed by atoms with Gasteiger partial charge in [-0.2, -0.15) is 0 Å². The van der Waals surface area contributed by atoms with Crippen LogP contribution in [0.5, 0.6) is 0 Å². The Kier molecular flexibility index (Phi) is 4.33. The van der Waals surface area contributed by atoms with Gasteiger partial charge in [-0.1, -0.05) is 6.07 Å². The molecule has 0 spiro atoms. The van der Waals surface area contributed by atoms with E-state index in [2.05, 4.69) is 14.8 Å². The van der Waals surface area contributed by atoms with Crippen LogP contribution in [0.25, 0.3) is 11.5 Å². The predicted octanol–water partition coefficient (Wildman–Crippen LogP) is 2.10. The molecule has 3 aromatic heterocycles. The van der Waals surface area contributed by atoms with E-state index in [1.165, 1.54) is 0 Å². The molecule has 3 aromatic rings. The van der Waals surface area contributed by atoms with Crippen molar-refractivity contribution in [2.75, 3.05) is 23.9 Å². The highest BCUT2D eigenvalue weighted by Gasteiger charge is 2.36. The maximum atomic E-state index is 13.4. The highest BCUT2D eigenvalue weighted by atomic mass is 16.2. The van der Waals surface area contributed by atoms with Crippen LogP contribution < -0.4 is 15.5 Å². The Morgan fingerprint density at radius 1 is 1.16 bits per heavy atom. The molecule has 2 aliphatic heterocycles. The van der Waals surface area contributed by atoms with Crippen molar-refractivity contribution >= 4 is 17.5 Å². The normalized spacial score (nSPS) is 15.4. The molecule has 0 atom stereocenters. The van der Waals surface area contributed by atoms with Gasteiger partial charge in [-0.3, -0.25) is 9.69 Å². The highest BCUT2D eigenvalue weighted by Crippen LogP contribution is 2.35. The molecule has 9 nitrogen and oxygen atoms in total. The van der Waals surface area contributed by atoms with Crippen molar-refractivity contribution in [3.8, 4) is 11.5 Å². The van der Waals surface area contributed by atoms with Gasteiger partial charge in [0.1, 0.15) is 23.2 Å². The van der Waals surface area contributed by atoms with Gasteiger partial charge in [-0.15, -0.1) is 10.2 Å². The standard InChI is InChI=1S/C22H26N8O/c1-22(2,23)19-14-12-30(21(31)13(14)11-18(25-19)28(3)4)16-8-5-7-15(24-16)20-27-26-17-9-6-10-29(17)20/h5,7-8,11H,6,9-10,12,23H2,1-4H3. The third-order valence-electron chi connectivity index (χ3n) is 5.82. The summed E-state index contributed by atoms with van der Waals surface area (Å²) in [5, 5.41) is 8.60. The monoisotopic (exact) mass is 418 g/mol. The topological polar surface area (TPSA) is 106 Å². The fourth-order valence-electron chi connectivity index (χ4n) is 4.27. The molecule has 1 amide bonds. The van der Waals surface area contributed by atoms with Crippen LogP contribution >= 0.6 is 0 Å². The van der Waals surface area contributed by atoms with Crippen LogP contribution in [0.2, 0.25) is 0 Å². The Labute approximate surface area is 180 Å². The van der Waals surface area contributed by atoms with Gasteiger partial charge in [-0.05, 0) is 38.5 Å². The molecule has 0 saturated carbocycles. The quantitative estimate of drug-likeness (QED) is 0.691. The van der Waals surface area contributed by atoms with Gasteiger partial charge in [-0.25, -0.2) is 9.97 Å². The molecule has 5 heterocycles. The van der Waals surface area contributed by atoms with Crippen LogP contribution in [0.15, 0.2) is 24.3 Å². The van der Waals surface area contributed by atoms with Gasteiger partial charge in [0.15, 0.2) is 5.82 Å². The average molecular weight is 419 g/mol. The van der Waals surface area contributed by atoms with Crippen molar-refractivity contribution in [1.29, 1.82) is 0 Å². The van der Waals surface area contributed by atoms with E-state index in [4.69, 9.17) is 15.7 Å². The largest absolute Gasteiger partial charge is 0.363 e. The molecular formula is C22H26N8O. The van der Waals surface area contributed by atoms with Crippen LogP contribution in [-0.4, -0.2) is 44.7 Å². The summed E-state index contributed by atoms with van der Waals surface area (Å²) in [6.45, 7) is 5.10. The molecule has 0 aromatic carbocycles. The zero-order valence-corrected chi connectivity index (χ0v) is 18.3. The molecule has 0 saturated heterocycles. The summed E-state index contributed by atoms with van der Waals surface area (Å²) in [5.41, 5.74) is 8.68. The molecular weight excluding hydrogens is 392 g/mol. The molecule has 2 aliphatic rings. The summed E-state index contributed by atoms with van der Waals surface area (Å²) in [6, 6.07) is 7.50. The fraction of sp³-hybridized carbons (Fsp3) is 0.409. The first-order valence-corrected chi connectivity index (χ1v) is 10.5. The lowest BCUT2D eigenvalue weighted by Crippen LogP contribution is -2.32. The van der Waals surface area contributed by atoms with Gasteiger partial charge in [0.2, 0.25) is 0 Å². The molecule has 31 heavy (non-hydrogen) atoms. The number of hydrogen-bond donors (Lipinski definition) is 1. The highest BCUT2D eigenvalue weighted by molar-refractivity contribution is 6.10. The first-order valence-electron chi connectivity index (χ1n) is 10.5. The average Bonchev–Trinajstić information content (AvgIpc) is 3.41. The van der Waals surface area contributed by atoms with Gasteiger partial charge in [0.25, 0.3) is 5.91 Å². The Morgan fingerprint density at radius 3 is 2.71 bits per heavy atom. The molecule has 5 rings (SSSR count). The van der Waals surface area contributed by atoms with Gasteiger partial charge < -0.3 is 15.2 Å². The Balaban J connectivity index is 1.56. The van der Waals surface area contributed by atoms with E-state index in [0.29, 0.717) is 29.4 Å². The minimum absolute atomic E-state index is 0.0953. The molecule has 160 valence electrons. The minimum Gasteiger partial charge on any atom is -0.363 e.